The van der Waals surface area contributed by atoms with E-state index in [1.165, 1.54) is 48.9 Å². The van der Waals surface area contributed by atoms with Crippen LogP contribution in [0.1, 0.15) is 11.7 Å². The zero-order chi connectivity index (χ0) is 32.3. The second-order valence-electron chi connectivity index (χ2n) is 12.8. The molecule has 49 heavy (non-hydrogen) atoms. The summed E-state index contributed by atoms with van der Waals surface area (Å²) in [4.78, 5) is 15.2. The fourth-order valence-corrected chi connectivity index (χ4v) is 7.69. The first-order valence-corrected chi connectivity index (χ1v) is 16.8. The van der Waals surface area contributed by atoms with Crippen LogP contribution in [0.2, 0.25) is 0 Å². The number of hydrogen-bond acceptors (Lipinski definition) is 3. The molecule has 4 heteroatoms. The van der Waals surface area contributed by atoms with Crippen LogP contribution in [0.5, 0.6) is 0 Å². The van der Waals surface area contributed by atoms with E-state index in [0.29, 0.717) is 11.6 Å². The third-order valence-electron chi connectivity index (χ3n) is 10.0. The number of aromatic nitrogens is 4. The quantitative estimate of drug-likeness (QED) is 0.195. The average Bonchev–Trinajstić information content (AvgIpc) is 3.53. The van der Waals surface area contributed by atoms with Crippen molar-refractivity contribution in [2.75, 3.05) is 0 Å². The summed E-state index contributed by atoms with van der Waals surface area (Å²) in [5.41, 5.74) is 6.67. The van der Waals surface area contributed by atoms with Crippen molar-refractivity contribution >= 4 is 43.4 Å². The van der Waals surface area contributed by atoms with Crippen molar-refractivity contribution in [2.45, 2.75) is 5.92 Å². The van der Waals surface area contributed by atoms with Crippen molar-refractivity contribution in [2.24, 2.45) is 5.92 Å². The first kappa shape index (κ1) is 27.7. The van der Waals surface area contributed by atoms with Gasteiger partial charge in [-0.3, -0.25) is 0 Å². The molecule has 2 aliphatic carbocycles. The Kier molecular flexibility index (Phi) is 6.28. The van der Waals surface area contributed by atoms with Gasteiger partial charge in [0.2, 0.25) is 0 Å². The van der Waals surface area contributed by atoms with Crippen molar-refractivity contribution in [3.8, 4) is 28.5 Å². The topological polar surface area (TPSA) is 43.6 Å². The molecule has 0 N–H and O–H groups in total. The summed E-state index contributed by atoms with van der Waals surface area (Å²) < 4.78 is 2.39. The van der Waals surface area contributed by atoms with Gasteiger partial charge in [0.1, 0.15) is 5.82 Å². The van der Waals surface area contributed by atoms with E-state index in [4.69, 9.17) is 15.0 Å². The second-order valence-corrected chi connectivity index (χ2v) is 12.8. The van der Waals surface area contributed by atoms with E-state index in [1.54, 1.807) is 0 Å². The van der Waals surface area contributed by atoms with Gasteiger partial charge in [-0.25, -0.2) is 15.0 Å². The lowest BCUT2D eigenvalue weighted by atomic mass is 9.79. The highest BCUT2D eigenvalue weighted by Gasteiger charge is 2.28. The molecule has 0 radical (unpaired) electrons. The van der Waals surface area contributed by atoms with Crippen LogP contribution in [0.25, 0.3) is 71.8 Å². The highest BCUT2D eigenvalue weighted by Crippen LogP contribution is 2.41. The van der Waals surface area contributed by atoms with Gasteiger partial charge in [-0.1, -0.05) is 134 Å². The lowest BCUT2D eigenvalue weighted by Gasteiger charge is -2.26. The van der Waals surface area contributed by atoms with Crippen molar-refractivity contribution < 1.29 is 0 Å². The van der Waals surface area contributed by atoms with E-state index in [1.807, 2.05) is 18.2 Å². The SMILES string of the molecule is C1=CC2=CC=CC(c3nc(-c4ccccc4)nc(-c4ccc(-n5c6ccc7ccccc7c6c6c7ccccc7ccc65)cc4)n3)C2C=C1. The number of nitrogens with zero attached hydrogens (tertiary/aromatic N) is 4. The molecule has 2 aliphatic rings. The molecule has 230 valence electrons. The largest absolute Gasteiger partial charge is 0.309 e. The monoisotopic (exact) mass is 626 g/mol. The van der Waals surface area contributed by atoms with Crippen LogP contribution in [0.15, 0.2) is 175 Å². The van der Waals surface area contributed by atoms with Gasteiger partial charge in [0.05, 0.1) is 11.0 Å². The fourth-order valence-electron chi connectivity index (χ4n) is 7.69. The van der Waals surface area contributed by atoms with E-state index >= 15 is 0 Å². The third kappa shape index (κ3) is 4.49. The Hall–Kier alpha value is -6.39. The Morgan fingerprint density at radius 1 is 0.469 bits per heavy atom. The highest BCUT2D eigenvalue weighted by molar-refractivity contribution is 6.28. The number of benzene rings is 6. The van der Waals surface area contributed by atoms with Crippen LogP contribution in [0.3, 0.4) is 0 Å². The summed E-state index contributed by atoms with van der Waals surface area (Å²) in [6.07, 6.45) is 15.2. The average molecular weight is 627 g/mol. The van der Waals surface area contributed by atoms with Gasteiger partial charge in [0.25, 0.3) is 0 Å². The molecule has 4 nitrogen and oxygen atoms in total. The summed E-state index contributed by atoms with van der Waals surface area (Å²) in [6.45, 7) is 0. The van der Waals surface area contributed by atoms with Crippen molar-refractivity contribution in [3.63, 3.8) is 0 Å². The van der Waals surface area contributed by atoms with Crippen LogP contribution in [-0.4, -0.2) is 19.5 Å². The maximum atomic E-state index is 5.14. The zero-order valence-corrected chi connectivity index (χ0v) is 26.6. The van der Waals surface area contributed by atoms with Gasteiger partial charge in [-0.2, -0.15) is 0 Å². The molecule has 0 saturated carbocycles. The molecule has 2 unspecified atom stereocenters. The third-order valence-corrected chi connectivity index (χ3v) is 10.0. The van der Waals surface area contributed by atoms with Crippen LogP contribution in [0, 0.1) is 5.92 Å². The minimum atomic E-state index is 0.0203. The van der Waals surface area contributed by atoms with Gasteiger partial charge >= 0.3 is 0 Å². The minimum absolute atomic E-state index is 0.0203. The predicted molar refractivity (Wildman–Crippen MR) is 202 cm³/mol. The lowest BCUT2D eigenvalue weighted by molar-refractivity contribution is 0.629. The molecule has 0 amide bonds. The Labute approximate surface area is 283 Å². The molecular formula is C45H30N4. The number of rotatable bonds is 4. The van der Waals surface area contributed by atoms with E-state index in [9.17, 15) is 0 Å². The van der Waals surface area contributed by atoms with Crippen molar-refractivity contribution in [1.29, 1.82) is 0 Å². The van der Waals surface area contributed by atoms with Gasteiger partial charge in [-0.15, -0.1) is 0 Å². The smallest absolute Gasteiger partial charge is 0.163 e. The summed E-state index contributed by atoms with van der Waals surface area (Å²) in [7, 11) is 0. The Morgan fingerprint density at radius 3 is 1.73 bits per heavy atom. The molecule has 0 spiro atoms. The molecule has 8 aromatic rings. The molecular weight excluding hydrogens is 597 g/mol. The number of allylic oxidation sites excluding steroid dienone is 8. The molecule has 0 fully saturated rings. The van der Waals surface area contributed by atoms with Gasteiger partial charge in [-0.05, 0) is 63.5 Å². The van der Waals surface area contributed by atoms with Crippen LogP contribution >= 0.6 is 0 Å². The molecule has 2 aromatic heterocycles. The lowest BCUT2D eigenvalue weighted by Crippen LogP contribution is -2.18. The first-order chi connectivity index (χ1) is 24.3. The standard InChI is InChI=1S/C45H30N4/c1-2-14-32(15-3-1)43-46-44(48-45(47-43)38-20-10-16-29-11-4-7-17-35(29)38)33-21-25-34(26-22-33)49-39-27-23-30-12-5-8-18-36(30)41(39)42-37-19-9-6-13-31(37)24-28-40(42)49/h1-28,35,38H. The zero-order valence-electron chi connectivity index (χ0n) is 26.6. The van der Waals surface area contributed by atoms with Gasteiger partial charge in [0, 0.05) is 39.4 Å². The van der Waals surface area contributed by atoms with Crippen LogP contribution < -0.4 is 0 Å². The summed E-state index contributed by atoms with van der Waals surface area (Å²) in [5, 5.41) is 7.58. The fraction of sp³-hybridized carbons (Fsp3) is 0.0444. The predicted octanol–water partition coefficient (Wildman–Crippen LogP) is 10.9. The van der Waals surface area contributed by atoms with E-state index < -0.39 is 0 Å². The van der Waals surface area contributed by atoms with Gasteiger partial charge < -0.3 is 4.57 Å². The second kappa shape index (κ2) is 11.1. The maximum absolute atomic E-state index is 5.14. The summed E-state index contributed by atoms with van der Waals surface area (Å²) in [6, 6.07) is 45.3. The molecule has 2 atom stereocenters. The van der Waals surface area contributed by atoms with Crippen molar-refractivity contribution in [3.05, 3.63) is 181 Å². The first-order valence-electron chi connectivity index (χ1n) is 16.8. The molecule has 2 heterocycles. The highest BCUT2D eigenvalue weighted by atomic mass is 15.0. The number of hydrogen-bond donors (Lipinski definition) is 0. The Balaban J connectivity index is 1.14. The summed E-state index contributed by atoms with van der Waals surface area (Å²) in [5.74, 6) is 2.35. The Bertz CT molecular complexity index is 2620. The maximum Gasteiger partial charge on any atom is 0.163 e. The van der Waals surface area contributed by atoms with Crippen LogP contribution in [-0.2, 0) is 0 Å². The molecule has 6 aromatic carbocycles. The van der Waals surface area contributed by atoms with E-state index in [-0.39, 0.29) is 11.8 Å². The van der Waals surface area contributed by atoms with E-state index in [0.717, 1.165) is 22.6 Å². The minimum Gasteiger partial charge on any atom is -0.309 e. The molecule has 0 saturated heterocycles. The number of fused-ring (bicyclic) bond motifs is 8. The van der Waals surface area contributed by atoms with Crippen molar-refractivity contribution in [1.82, 2.24) is 19.5 Å². The molecule has 0 bridgehead atoms. The normalized spacial score (nSPS) is 16.9. The van der Waals surface area contributed by atoms with E-state index in [2.05, 4.69) is 156 Å². The van der Waals surface area contributed by atoms with Gasteiger partial charge in [0.15, 0.2) is 11.6 Å². The molecule has 10 rings (SSSR count). The Morgan fingerprint density at radius 2 is 1.06 bits per heavy atom. The van der Waals surface area contributed by atoms with Crippen LogP contribution in [0.4, 0.5) is 0 Å². The summed E-state index contributed by atoms with van der Waals surface area (Å²) >= 11 is 0. The molecule has 0 aliphatic heterocycles.